The van der Waals surface area contributed by atoms with Gasteiger partial charge in [-0.3, -0.25) is 9.58 Å². The lowest BCUT2D eigenvalue weighted by Crippen LogP contribution is -2.48. The number of thioether (sulfide) groups is 1. The Labute approximate surface area is 113 Å². The number of nitrogens with zero attached hydrogens (tertiary/aromatic N) is 4. The van der Waals surface area contributed by atoms with E-state index in [-0.39, 0.29) is 12.1 Å². The van der Waals surface area contributed by atoms with Crippen molar-refractivity contribution in [1.29, 1.82) is 0 Å². The topological polar surface area (TPSA) is 54.2 Å². The van der Waals surface area contributed by atoms with Gasteiger partial charge in [0.05, 0.1) is 6.10 Å². The van der Waals surface area contributed by atoms with E-state index in [4.69, 9.17) is 0 Å². The number of aryl methyl sites for hydroxylation is 1. The second-order valence-corrected chi connectivity index (χ2v) is 5.94. The van der Waals surface area contributed by atoms with Crippen LogP contribution in [0, 0.1) is 0 Å². The van der Waals surface area contributed by atoms with Gasteiger partial charge in [0.25, 0.3) is 0 Å². The maximum Gasteiger partial charge on any atom is 0.138 e. The van der Waals surface area contributed by atoms with Crippen LogP contribution in [0.5, 0.6) is 0 Å². The highest BCUT2D eigenvalue weighted by atomic mass is 32.2. The van der Waals surface area contributed by atoms with Crippen molar-refractivity contribution in [2.75, 3.05) is 25.1 Å². The van der Waals surface area contributed by atoms with Crippen LogP contribution < -0.4 is 0 Å². The summed E-state index contributed by atoms with van der Waals surface area (Å²) in [4.78, 5) is 6.51. The van der Waals surface area contributed by atoms with Crippen molar-refractivity contribution in [2.24, 2.45) is 0 Å². The standard InChI is InChI=1S/C12H22N4OS/c1-3-4-16-12(13-9-14-16)7-11(17)10-8-18-6-5-15(10)2/h9-11,17H,3-8H2,1-2H3. The number of aromatic nitrogens is 3. The zero-order chi connectivity index (χ0) is 13.0. The van der Waals surface area contributed by atoms with Gasteiger partial charge in [0.15, 0.2) is 0 Å². The van der Waals surface area contributed by atoms with Gasteiger partial charge in [0.2, 0.25) is 0 Å². The van der Waals surface area contributed by atoms with Gasteiger partial charge in [-0.1, -0.05) is 6.92 Å². The Bertz CT molecular complexity index is 371. The largest absolute Gasteiger partial charge is 0.391 e. The van der Waals surface area contributed by atoms with E-state index in [2.05, 4.69) is 29.0 Å². The first-order valence-electron chi connectivity index (χ1n) is 6.55. The number of likely N-dealkylation sites (N-methyl/N-ethyl adjacent to an activating group) is 1. The summed E-state index contributed by atoms with van der Waals surface area (Å²) in [7, 11) is 2.09. The van der Waals surface area contributed by atoms with Crippen LogP contribution in [-0.4, -0.2) is 62.0 Å². The van der Waals surface area contributed by atoms with Crippen LogP contribution in [0.1, 0.15) is 19.2 Å². The molecule has 0 bridgehead atoms. The third-order valence-corrected chi connectivity index (χ3v) is 4.46. The quantitative estimate of drug-likeness (QED) is 0.851. The molecule has 0 aromatic carbocycles. The van der Waals surface area contributed by atoms with Crippen molar-refractivity contribution in [2.45, 2.75) is 38.5 Å². The SMILES string of the molecule is CCCn1ncnc1CC(O)C1CSCCN1C. The van der Waals surface area contributed by atoms with Gasteiger partial charge >= 0.3 is 0 Å². The number of aliphatic hydroxyl groups is 1. The highest BCUT2D eigenvalue weighted by Crippen LogP contribution is 2.19. The van der Waals surface area contributed by atoms with E-state index >= 15 is 0 Å². The molecule has 2 heterocycles. The molecule has 0 spiro atoms. The average molecular weight is 270 g/mol. The minimum atomic E-state index is -0.359. The third-order valence-electron chi connectivity index (χ3n) is 3.41. The maximum absolute atomic E-state index is 10.4. The molecule has 2 unspecified atom stereocenters. The first kappa shape index (κ1) is 13.8. The molecule has 102 valence electrons. The number of rotatable bonds is 5. The van der Waals surface area contributed by atoms with Crippen molar-refractivity contribution in [3.05, 3.63) is 12.2 Å². The Morgan fingerprint density at radius 1 is 1.61 bits per heavy atom. The summed E-state index contributed by atoms with van der Waals surface area (Å²) in [6.45, 7) is 4.04. The minimum Gasteiger partial charge on any atom is -0.391 e. The zero-order valence-corrected chi connectivity index (χ0v) is 11.9. The normalized spacial score (nSPS) is 23.2. The molecule has 0 aliphatic carbocycles. The molecule has 1 aromatic rings. The van der Waals surface area contributed by atoms with Crippen LogP contribution in [0.15, 0.2) is 6.33 Å². The summed E-state index contributed by atoms with van der Waals surface area (Å²) in [6.07, 6.45) is 2.85. The molecular formula is C12H22N4OS. The summed E-state index contributed by atoms with van der Waals surface area (Å²) in [5.41, 5.74) is 0. The fourth-order valence-electron chi connectivity index (χ4n) is 2.28. The van der Waals surface area contributed by atoms with Gasteiger partial charge in [-0.05, 0) is 13.5 Å². The zero-order valence-electron chi connectivity index (χ0n) is 11.1. The van der Waals surface area contributed by atoms with E-state index in [1.807, 2.05) is 16.4 Å². The van der Waals surface area contributed by atoms with Crippen LogP contribution in [0.2, 0.25) is 0 Å². The van der Waals surface area contributed by atoms with Crippen LogP contribution in [0.3, 0.4) is 0 Å². The molecule has 6 heteroatoms. The molecular weight excluding hydrogens is 248 g/mol. The summed E-state index contributed by atoms with van der Waals surface area (Å²) < 4.78 is 1.90. The molecule has 2 atom stereocenters. The minimum absolute atomic E-state index is 0.232. The Kier molecular flexibility index (Phi) is 5.03. The molecule has 0 saturated carbocycles. The molecule has 2 rings (SSSR count). The van der Waals surface area contributed by atoms with E-state index in [0.29, 0.717) is 6.42 Å². The third kappa shape index (κ3) is 3.24. The molecule has 1 aromatic heterocycles. The molecule has 0 radical (unpaired) electrons. The molecule has 1 aliphatic heterocycles. The summed E-state index contributed by atoms with van der Waals surface area (Å²) >= 11 is 1.92. The lowest BCUT2D eigenvalue weighted by Gasteiger charge is -2.35. The van der Waals surface area contributed by atoms with Crippen LogP contribution in [0.4, 0.5) is 0 Å². The number of hydrogen-bond donors (Lipinski definition) is 1. The monoisotopic (exact) mass is 270 g/mol. The predicted octanol–water partition coefficient (Wildman–Crippen LogP) is 0.639. The van der Waals surface area contributed by atoms with E-state index < -0.39 is 0 Å². The molecule has 1 saturated heterocycles. The Hall–Kier alpha value is -0.590. The fourth-order valence-corrected chi connectivity index (χ4v) is 3.58. The van der Waals surface area contributed by atoms with Crippen LogP contribution in [0.25, 0.3) is 0 Å². The molecule has 0 amide bonds. The van der Waals surface area contributed by atoms with Gasteiger partial charge in [-0.2, -0.15) is 16.9 Å². The second-order valence-electron chi connectivity index (χ2n) is 4.79. The van der Waals surface area contributed by atoms with Gasteiger partial charge in [0, 0.05) is 37.1 Å². The molecule has 18 heavy (non-hydrogen) atoms. The second kappa shape index (κ2) is 6.54. The van der Waals surface area contributed by atoms with E-state index in [1.165, 1.54) is 0 Å². The lowest BCUT2D eigenvalue weighted by molar-refractivity contribution is 0.0739. The van der Waals surface area contributed by atoms with Gasteiger partial charge in [-0.15, -0.1) is 0 Å². The van der Waals surface area contributed by atoms with Crippen molar-refractivity contribution < 1.29 is 5.11 Å². The average Bonchev–Trinajstić information content (AvgIpc) is 2.78. The number of aliphatic hydroxyl groups excluding tert-OH is 1. The summed E-state index contributed by atoms with van der Waals surface area (Å²) in [5.74, 6) is 3.05. The summed E-state index contributed by atoms with van der Waals surface area (Å²) in [6, 6.07) is 0.232. The van der Waals surface area contributed by atoms with Gasteiger partial charge in [-0.25, -0.2) is 4.98 Å². The Balaban J connectivity index is 1.97. The molecule has 5 nitrogen and oxygen atoms in total. The van der Waals surface area contributed by atoms with Gasteiger partial charge in [0.1, 0.15) is 12.2 Å². The first-order valence-corrected chi connectivity index (χ1v) is 7.70. The van der Waals surface area contributed by atoms with E-state index in [0.717, 1.165) is 36.8 Å². The summed E-state index contributed by atoms with van der Waals surface area (Å²) in [5, 5.41) is 14.6. The van der Waals surface area contributed by atoms with Crippen molar-refractivity contribution in [3.63, 3.8) is 0 Å². The van der Waals surface area contributed by atoms with Crippen LogP contribution >= 0.6 is 11.8 Å². The highest BCUT2D eigenvalue weighted by molar-refractivity contribution is 7.99. The molecule has 1 fully saturated rings. The maximum atomic E-state index is 10.4. The lowest BCUT2D eigenvalue weighted by atomic mass is 10.1. The Morgan fingerprint density at radius 3 is 3.17 bits per heavy atom. The van der Waals surface area contributed by atoms with E-state index in [1.54, 1.807) is 6.33 Å². The van der Waals surface area contributed by atoms with Crippen molar-refractivity contribution in [3.8, 4) is 0 Å². The van der Waals surface area contributed by atoms with Crippen molar-refractivity contribution in [1.82, 2.24) is 19.7 Å². The van der Waals surface area contributed by atoms with E-state index in [9.17, 15) is 5.11 Å². The number of hydrogen-bond acceptors (Lipinski definition) is 5. The fraction of sp³-hybridized carbons (Fsp3) is 0.833. The highest BCUT2D eigenvalue weighted by Gasteiger charge is 2.27. The molecule has 1 N–H and O–H groups in total. The smallest absolute Gasteiger partial charge is 0.138 e. The van der Waals surface area contributed by atoms with Crippen molar-refractivity contribution >= 4 is 11.8 Å². The molecule has 1 aliphatic rings. The van der Waals surface area contributed by atoms with Crippen LogP contribution in [-0.2, 0) is 13.0 Å². The van der Waals surface area contributed by atoms with Gasteiger partial charge < -0.3 is 5.11 Å². The Morgan fingerprint density at radius 2 is 2.44 bits per heavy atom. The predicted molar refractivity (Wildman–Crippen MR) is 73.8 cm³/mol. The first-order chi connectivity index (χ1) is 8.72.